The first kappa shape index (κ1) is 18.6. The summed E-state index contributed by atoms with van der Waals surface area (Å²) >= 11 is 0. The van der Waals surface area contributed by atoms with Crippen molar-refractivity contribution in [3.63, 3.8) is 0 Å². The van der Waals surface area contributed by atoms with Gasteiger partial charge in [0.1, 0.15) is 0 Å². The van der Waals surface area contributed by atoms with E-state index in [1.165, 1.54) is 37.0 Å². The van der Waals surface area contributed by atoms with Crippen LogP contribution >= 0.6 is 0 Å². The summed E-state index contributed by atoms with van der Waals surface area (Å²) in [7, 11) is 0. The molecule has 2 heterocycles. The molecule has 6 heteroatoms. The van der Waals surface area contributed by atoms with Crippen LogP contribution in [0.2, 0.25) is 0 Å². The average molecular weight is 356 g/mol. The normalized spacial score (nSPS) is 15.5. The maximum atomic E-state index is 12.7. The SMILES string of the molecule is CC(C)n1nc(C(=O)NCCCN2CCCCC2)c2ccccc2c1=O. The van der Waals surface area contributed by atoms with Crippen LogP contribution in [0.25, 0.3) is 10.8 Å². The van der Waals surface area contributed by atoms with E-state index in [0.717, 1.165) is 13.0 Å². The molecule has 1 aromatic carbocycles. The second-order valence-corrected chi connectivity index (χ2v) is 7.25. The van der Waals surface area contributed by atoms with Gasteiger partial charge in [0.2, 0.25) is 0 Å². The Bertz CT molecular complexity index is 822. The summed E-state index contributed by atoms with van der Waals surface area (Å²) < 4.78 is 1.39. The van der Waals surface area contributed by atoms with Gasteiger partial charge in [-0.3, -0.25) is 9.59 Å². The number of carbonyl (C=O) groups is 1. The number of amides is 1. The maximum absolute atomic E-state index is 12.7. The quantitative estimate of drug-likeness (QED) is 0.808. The van der Waals surface area contributed by atoms with Gasteiger partial charge < -0.3 is 10.2 Å². The Kier molecular flexibility index (Phi) is 6.04. The molecule has 26 heavy (non-hydrogen) atoms. The largest absolute Gasteiger partial charge is 0.351 e. The van der Waals surface area contributed by atoms with E-state index in [2.05, 4.69) is 15.3 Å². The highest BCUT2D eigenvalue weighted by Gasteiger charge is 2.17. The highest BCUT2D eigenvalue weighted by molar-refractivity contribution is 6.04. The summed E-state index contributed by atoms with van der Waals surface area (Å²) in [6.07, 6.45) is 4.81. The molecular weight excluding hydrogens is 328 g/mol. The Balaban J connectivity index is 1.71. The third-order valence-corrected chi connectivity index (χ3v) is 4.92. The standard InChI is InChI=1S/C20H28N4O2/c1-15(2)24-20(26)17-10-5-4-9-16(17)18(22-24)19(25)21-11-8-14-23-12-6-3-7-13-23/h4-5,9-10,15H,3,6-8,11-14H2,1-2H3,(H,21,25). The number of hydrogen-bond acceptors (Lipinski definition) is 4. The van der Waals surface area contributed by atoms with Crippen LogP contribution in [0.4, 0.5) is 0 Å². The Morgan fingerprint density at radius 1 is 1.15 bits per heavy atom. The van der Waals surface area contributed by atoms with Crippen LogP contribution in [0.15, 0.2) is 29.1 Å². The minimum Gasteiger partial charge on any atom is -0.351 e. The van der Waals surface area contributed by atoms with Gasteiger partial charge in [0.05, 0.1) is 11.4 Å². The smallest absolute Gasteiger partial charge is 0.274 e. The Hall–Kier alpha value is -2.21. The molecule has 0 saturated carbocycles. The van der Waals surface area contributed by atoms with Gasteiger partial charge in [-0.05, 0) is 58.8 Å². The fourth-order valence-electron chi connectivity index (χ4n) is 3.50. The van der Waals surface area contributed by atoms with Gasteiger partial charge in [-0.15, -0.1) is 0 Å². The third kappa shape index (κ3) is 4.12. The van der Waals surface area contributed by atoms with Gasteiger partial charge in [-0.25, -0.2) is 4.68 Å². The second kappa shape index (κ2) is 8.45. The lowest BCUT2D eigenvalue weighted by molar-refractivity contribution is 0.0945. The summed E-state index contributed by atoms with van der Waals surface area (Å²) in [5.74, 6) is -0.214. The fraction of sp³-hybridized carbons (Fsp3) is 0.550. The molecule has 0 aliphatic carbocycles. The van der Waals surface area contributed by atoms with Crippen molar-refractivity contribution in [2.75, 3.05) is 26.2 Å². The molecule has 1 aromatic heterocycles. The number of nitrogens with one attached hydrogen (secondary N) is 1. The van der Waals surface area contributed by atoms with E-state index < -0.39 is 0 Å². The van der Waals surface area contributed by atoms with Gasteiger partial charge in [-0.2, -0.15) is 5.10 Å². The van der Waals surface area contributed by atoms with E-state index in [4.69, 9.17) is 0 Å². The molecular formula is C20H28N4O2. The first-order valence-corrected chi connectivity index (χ1v) is 9.60. The molecule has 0 atom stereocenters. The zero-order chi connectivity index (χ0) is 18.5. The molecule has 0 spiro atoms. The summed E-state index contributed by atoms with van der Waals surface area (Å²) in [5.41, 5.74) is 0.170. The van der Waals surface area contributed by atoms with Crippen LogP contribution in [-0.4, -0.2) is 46.8 Å². The van der Waals surface area contributed by atoms with Gasteiger partial charge in [0.15, 0.2) is 5.69 Å². The van der Waals surface area contributed by atoms with Crippen LogP contribution < -0.4 is 10.9 Å². The number of aromatic nitrogens is 2. The van der Waals surface area contributed by atoms with Crippen LogP contribution in [-0.2, 0) is 0 Å². The molecule has 1 saturated heterocycles. The highest BCUT2D eigenvalue weighted by Crippen LogP contribution is 2.15. The lowest BCUT2D eigenvalue weighted by Crippen LogP contribution is -2.34. The second-order valence-electron chi connectivity index (χ2n) is 7.25. The Morgan fingerprint density at radius 2 is 1.85 bits per heavy atom. The van der Waals surface area contributed by atoms with E-state index in [1.54, 1.807) is 12.1 Å². The van der Waals surface area contributed by atoms with Crippen molar-refractivity contribution in [3.8, 4) is 0 Å². The van der Waals surface area contributed by atoms with Gasteiger partial charge in [0.25, 0.3) is 11.5 Å². The number of fused-ring (bicyclic) bond motifs is 1. The molecule has 0 radical (unpaired) electrons. The number of piperidine rings is 1. The van der Waals surface area contributed by atoms with E-state index in [1.807, 2.05) is 26.0 Å². The zero-order valence-corrected chi connectivity index (χ0v) is 15.7. The third-order valence-electron chi connectivity index (χ3n) is 4.92. The highest BCUT2D eigenvalue weighted by atomic mass is 16.2. The Morgan fingerprint density at radius 3 is 2.54 bits per heavy atom. The number of nitrogens with zero attached hydrogens (tertiary/aromatic N) is 3. The first-order valence-electron chi connectivity index (χ1n) is 9.60. The van der Waals surface area contributed by atoms with Crippen molar-refractivity contribution in [3.05, 3.63) is 40.3 Å². The first-order chi connectivity index (χ1) is 12.6. The molecule has 140 valence electrons. The fourth-order valence-corrected chi connectivity index (χ4v) is 3.50. The van der Waals surface area contributed by atoms with E-state index >= 15 is 0 Å². The maximum Gasteiger partial charge on any atom is 0.274 e. The van der Waals surface area contributed by atoms with Crippen molar-refractivity contribution in [2.24, 2.45) is 0 Å². The van der Waals surface area contributed by atoms with Crippen molar-refractivity contribution in [1.29, 1.82) is 0 Å². The van der Waals surface area contributed by atoms with Gasteiger partial charge in [-0.1, -0.05) is 24.6 Å². The number of carbonyl (C=O) groups excluding carboxylic acids is 1. The zero-order valence-electron chi connectivity index (χ0n) is 15.7. The predicted molar refractivity (Wildman–Crippen MR) is 104 cm³/mol. The topological polar surface area (TPSA) is 67.2 Å². The van der Waals surface area contributed by atoms with Gasteiger partial charge in [0, 0.05) is 11.9 Å². The van der Waals surface area contributed by atoms with Crippen molar-refractivity contribution >= 4 is 16.7 Å². The molecule has 1 fully saturated rings. The lowest BCUT2D eigenvalue weighted by Gasteiger charge is -2.26. The number of hydrogen-bond donors (Lipinski definition) is 1. The molecule has 1 N–H and O–H groups in total. The Labute approximate surface area is 154 Å². The molecule has 0 unspecified atom stereocenters. The monoisotopic (exact) mass is 356 g/mol. The predicted octanol–water partition coefficient (Wildman–Crippen LogP) is 2.58. The van der Waals surface area contributed by atoms with Crippen molar-refractivity contribution in [2.45, 2.75) is 45.6 Å². The number of rotatable bonds is 6. The molecule has 1 aliphatic heterocycles. The number of benzene rings is 1. The summed E-state index contributed by atoms with van der Waals surface area (Å²) in [5, 5.41) is 8.47. The van der Waals surface area contributed by atoms with Crippen LogP contribution in [0.5, 0.6) is 0 Å². The molecule has 6 nitrogen and oxygen atoms in total. The summed E-state index contributed by atoms with van der Waals surface area (Å²) in [6.45, 7) is 7.75. The molecule has 1 amide bonds. The van der Waals surface area contributed by atoms with Crippen LogP contribution in [0.3, 0.4) is 0 Å². The van der Waals surface area contributed by atoms with Gasteiger partial charge >= 0.3 is 0 Å². The van der Waals surface area contributed by atoms with Crippen LogP contribution in [0.1, 0.15) is 56.1 Å². The van der Waals surface area contributed by atoms with Crippen molar-refractivity contribution in [1.82, 2.24) is 20.0 Å². The summed E-state index contributed by atoms with van der Waals surface area (Å²) in [6, 6.07) is 7.09. The molecule has 0 bridgehead atoms. The molecule has 1 aliphatic rings. The molecule has 2 aromatic rings. The van der Waals surface area contributed by atoms with E-state index in [9.17, 15) is 9.59 Å². The molecule has 3 rings (SSSR count). The van der Waals surface area contributed by atoms with E-state index in [0.29, 0.717) is 23.0 Å². The minimum atomic E-state index is -0.214. The average Bonchev–Trinajstić information content (AvgIpc) is 2.66. The van der Waals surface area contributed by atoms with Crippen LogP contribution in [0, 0.1) is 0 Å². The summed E-state index contributed by atoms with van der Waals surface area (Å²) in [4.78, 5) is 27.7. The van der Waals surface area contributed by atoms with E-state index in [-0.39, 0.29) is 17.5 Å². The lowest BCUT2D eigenvalue weighted by atomic mass is 10.1. The number of likely N-dealkylation sites (tertiary alicyclic amines) is 1. The minimum absolute atomic E-state index is 0.0993. The van der Waals surface area contributed by atoms with Crippen molar-refractivity contribution < 1.29 is 4.79 Å².